The highest BCUT2D eigenvalue weighted by Gasteiger charge is 2.20. The minimum absolute atomic E-state index is 0.821. The molecule has 0 saturated carbocycles. The van der Waals surface area contributed by atoms with Crippen molar-refractivity contribution in [3.05, 3.63) is 230 Å². The van der Waals surface area contributed by atoms with Crippen molar-refractivity contribution in [1.82, 2.24) is 0 Å². The highest BCUT2D eigenvalue weighted by Crippen LogP contribution is 2.43. The molecule has 0 N–H and O–H groups in total. The lowest BCUT2D eigenvalue weighted by Crippen LogP contribution is -2.09. The van der Waals surface area contributed by atoms with Crippen LogP contribution in [0.2, 0.25) is 0 Å². The fourth-order valence-electron chi connectivity index (χ4n) is 10.00. The highest BCUT2D eigenvalue weighted by molar-refractivity contribution is 6.10. The average molecular weight is 875 g/mol. The second-order valence-electron chi connectivity index (χ2n) is 17.3. The largest absolute Gasteiger partial charge is 0.456 e. The van der Waals surface area contributed by atoms with Crippen LogP contribution in [-0.2, 0) is 0 Å². The summed E-state index contributed by atoms with van der Waals surface area (Å²) in [5.41, 5.74) is 14.9. The van der Waals surface area contributed by atoms with Gasteiger partial charge < -0.3 is 27.5 Å². The summed E-state index contributed by atoms with van der Waals surface area (Å²) in [5, 5.41) is 8.70. The molecule has 0 saturated heterocycles. The second kappa shape index (κ2) is 15.2. The lowest BCUT2D eigenvalue weighted by atomic mass is 10.1. The van der Waals surface area contributed by atoms with Crippen LogP contribution in [0.1, 0.15) is 11.1 Å². The molecule has 0 spiro atoms. The normalized spacial score (nSPS) is 12.1. The van der Waals surface area contributed by atoms with Gasteiger partial charge in [-0.15, -0.1) is 0 Å². The molecule has 0 fully saturated rings. The van der Waals surface area contributed by atoms with Crippen molar-refractivity contribution in [1.29, 1.82) is 0 Å². The number of hydrogen-bond acceptors (Lipinski definition) is 6. The van der Waals surface area contributed by atoms with Gasteiger partial charge in [0.1, 0.15) is 44.7 Å². The monoisotopic (exact) mass is 874 g/mol. The van der Waals surface area contributed by atoms with Gasteiger partial charge in [0.25, 0.3) is 0 Å². The molecule has 14 rings (SSSR count). The zero-order chi connectivity index (χ0) is 44.7. The highest BCUT2D eigenvalue weighted by atomic mass is 16.3. The molecule has 6 heteroatoms. The Morgan fingerprint density at radius 2 is 0.500 bits per heavy atom. The van der Waals surface area contributed by atoms with Gasteiger partial charge in [-0.3, -0.25) is 0 Å². The van der Waals surface area contributed by atoms with Crippen LogP contribution in [0.3, 0.4) is 0 Å². The molecular formula is C62H38N2O4. The third-order valence-corrected chi connectivity index (χ3v) is 13.2. The van der Waals surface area contributed by atoms with Gasteiger partial charge in [-0.2, -0.15) is 0 Å². The summed E-state index contributed by atoms with van der Waals surface area (Å²) in [6, 6.07) is 75.8. The molecule has 68 heavy (non-hydrogen) atoms. The number of anilines is 6. The van der Waals surface area contributed by atoms with Gasteiger partial charge in [0.2, 0.25) is 0 Å². The lowest BCUT2D eigenvalue weighted by molar-refractivity contribution is 0.668. The van der Waals surface area contributed by atoms with E-state index < -0.39 is 0 Å². The van der Waals surface area contributed by atoms with E-state index in [1.54, 1.807) is 0 Å². The van der Waals surface area contributed by atoms with Crippen molar-refractivity contribution in [2.24, 2.45) is 0 Å². The van der Waals surface area contributed by atoms with Gasteiger partial charge in [-0.25, -0.2) is 0 Å². The minimum Gasteiger partial charge on any atom is -0.456 e. The number of nitrogens with zero attached hydrogens (tertiary/aromatic N) is 2. The molecule has 0 unspecified atom stereocenters. The van der Waals surface area contributed by atoms with Crippen molar-refractivity contribution in [2.75, 3.05) is 9.80 Å². The van der Waals surface area contributed by atoms with E-state index in [1.807, 2.05) is 48.5 Å². The zero-order valence-corrected chi connectivity index (χ0v) is 36.5. The Morgan fingerprint density at radius 1 is 0.221 bits per heavy atom. The average Bonchev–Trinajstić information content (AvgIpc) is 4.15. The van der Waals surface area contributed by atoms with E-state index in [4.69, 9.17) is 17.7 Å². The topological polar surface area (TPSA) is 59.0 Å². The van der Waals surface area contributed by atoms with Crippen LogP contribution < -0.4 is 9.80 Å². The Balaban J connectivity index is 0.771. The Labute approximate surface area is 389 Å². The molecule has 0 aliphatic rings. The molecule has 0 atom stereocenters. The molecule has 10 aromatic carbocycles. The molecule has 320 valence electrons. The summed E-state index contributed by atoms with van der Waals surface area (Å²) in [7, 11) is 0. The number of benzene rings is 10. The first-order chi connectivity index (χ1) is 33.6. The van der Waals surface area contributed by atoms with Gasteiger partial charge in [0, 0.05) is 101 Å². The van der Waals surface area contributed by atoms with Crippen molar-refractivity contribution < 1.29 is 17.7 Å². The van der Waals surface area contributed by atoms with E-state index in [0.717, 1.165) is 133 Å². The van der Waals surface area contributed by atoms with E-state index >= 15 is 0 Å². The molecule has 14 aromatic rings. The Hall–Kier alpha value is -9.26. The third kappa shape index (κ3) is 6.27. The fraction of sp³-hybridized carbons (Fsp3) is 0. The Morgan fingerprint density at radius 3 is 0.868 bits per heavy atom. The van der Waals surface area contributed by atoms with Crippen molar-refractivity contribution >= 4 is 134 Å². The van der Waals surface area contributed by atoms with E-state index in [2.05, 4.69) is 192 Å². The van der Waals surface area contributed by atoms with Crippen LogP contribution in [0.4, 0.5) is 34.1 Å². The van der Waals surface area contributed by atoms with E-state index in [0.29, 0.717) is 0 Å². The summed E-state index contributed by atoms with van der Waals surface area (Å²) < 4.78 is 25.9. The number of hydrogen-bond donors (Lipinski definition) is 0. The van der Waals surface area contributed by atoms with Gasteiger partial charge in [-0.1, -0.05) is 97.1 Å². The summed E-state index contributed by atoms with van der Waals surface area (Å²) >= 11 is 0. The maximum Gasteiger partial charge on any atom is 0.137 e. The van der Waals surface area contributed by atoms with Crippen molar-refractivity contribution in [2.45, 2.75) is 0 Å². The predicted octanol–water partition coefficient (Wildman–Crippen LogP) is 18.4. The SMILES string of the molecule is C(=Cc1ccc2c(c1)oc1cc(N(c3ccccc3)c3ccc4c(c3)oc3ccccc34)ccc12)c1ccc2c(c1)oc1cc(N(c3ccccc3)c3ccc4c(c3)oc3ccccc34)ccc12. The Bertz CT molecular complexity index is 4010. The molecule has 0 radical (unpaired) electrons. The molecule has 0 aliphatic heterocycles. The van der Waals surface area contributed by atoms with Crippen molar-refractivity contribution in [3.8, 4) is 0 Å². The van der Waals surface area contributed by atoms with E-state index in [1.165, 1.54) is 0 Å². The number of rotatable bonds is 8. The van der Waals surface area contributed by atoms with E-state index in [9.17, 15) is 0 Å². The Kier molecular flexibility index (Phi) is 8.48. The number of para-hydroxylation sites is 4. The van der Waals surface area contributed by atoms with Crippen LogP contribution in [-0.4, -0.2) is 0 Å². The van der Waals surface area contributed by atoms with Crippen molar-refractivity contribution in [3.63, 3.8) is 0 Å². The molecular weight excluding hydrogens is 837 g/mol. The summed E-state index contributed by atoms with van der Waals surface area (Å²) in [4.78, 5) is 4.49. The maximum absolute atomic E-state index is 6.62. The molecule has 0 aliphatic carbocycles. The van der Waals surface area contributed by atoms with Crippen LogP contribution >= 0.6 is 0 Å². The maximum atomic E-state index is 6.62. The molecule has 6 nitrogen and oxygen atoms in total. The standard InChI is InChI=1S/C62H38N2O4/c1-3-11-41(12-4-1)63(43-23-29-51-47-15-7-9-17-55(47)65-59(51)35-43)45-25-31-53-49-27-21-39(33-57(49)67-61(53)37-45)19-20-40-22-28-50-54-32-26-46(38-62(54)68-58(50)34-40)64(42-13-5-2-6-14-42)44-24-30-52-48-16-8-10-18-56(48)66-60(52)36-44/h1-38H. The van der Waals surface area contributed by atoms with Gasteiger partial charge in [-0.05, 0) is 120 Å². The molecule has 4 heterocycles. The predicted molar refractivity (Wildman–Crippen MR) is 280 cm³/mol. The van der Waals surface area contributed by atoms with Gasteiger partial charge in [0.05, 0.1) is 0 Å². The van der Waals surface area contributed by atoms with Crippen LogP contribution in [0.25, 0.3) is 99.9 Å². The molecule has 4 aromatic heterocycles. The smallest absolute Gasteiger partial charge is 0.137 e. The quantitative estimate of drug-likeness (QED) is 0.142. The molecule has 0 bridgehead atoms. The van der Waals surface area contributed by atoms with Crippen LogP contribution in [0.5, 0.6) is 0 Å². The second-order valence-corrected chi connectivity index (χ2v) is 17.3. The first-order valence-electron chi connectivity index (χ1n) is 22.8. The fourth-order valence-corrected chi connectivity index (χ4v) is 10.00. The van der Waals surface area contributed by atoms with Gasteiger partial charge >= 0.3 is 0 Å². The third-order valence-electron chi connectivity index (χ3n) is 13.2. The summed E-state index contributed by atoms with van der Waals surface area (Å²) in [5.74, 6) is 0. The summed E-state index contributed by atoms with van der Waals surface area (Å²) in [6.07, 6.45) is 4.25. The minimum atomic E-state index is 0.821. The summed E-state index contributed by atoms with van der Waals surface area (Å²) in [6.45, 7) is 0. The lowest BCUT2D eigenvalue weighted by Gasteiger charge is -2.25. The first-order valence-corrected chi connectivity index (χ1v) is 22.8. The van der Waals surface area contributed by atoms with Gasteiger partial charge in [0.15, 0.2) is 0 Å². The zero-order valence-electron chi connectivity index (χ0n) is 36.5. The van der Waals surface area contributed by atoms with E-state index in [-0.39, 0.29) is 0 Å². The number of furan rings is 4. The number of fused-ring (bicyclic) bond motifs is 12. The first kappa shape index (κ1) is 38.1. The van der Waals surface area contributed by atoms with Crippen LogP contribution in [0.15, 0.2) is 236 Å². The molecule has 0 amide bonds. The van der Waals surface area contributed by atoms with Crippen LogP contribution in [0, 0.1) is 0 Å².